The highest BCUT2D eigenvalue weighted by Crippen LogP contribution is 2.60. The minimum atomic E-state index is -3.79. The van der Waals surface area contributed by atoms with E-state index in [0.29, 0.717) is 11.3 Å². The first-order valence-corrected chi connectivity index (χ1v) is 13.7. The number of nitrogens with one attached hydrogen (secondary N) is 2. The van der Waals surface area contributed by atoms with Gasteiger partial charge >= 0.3 is 7.60 Å². The molecule has 1 heterocycles. The molecule has 0 spiro atoms. The lowest BCUT2D eigenvalue weighted by Crippen LogP contribution is -2.16. The standard InChI is InChI=1S/C20H24N3O6PS2/c1-3-28-30(25,29-4-2)19(15-5-9-17(24)10-6-15)22-16-7-11-18(12-8-16)32(26,27)23-20-21-13-14-31-20/h5-14,19,22,24H,3-4H2,1-2H3,(H,21,23). The summed E-state index contributed by atoms with van der Waals surface area (Å²) in [7, 11) is -7.44. The van der Waals surface area contributed by atoms with E-state index < -0.39 is 23.4 Å². The largest absolute Gasteiger partial charge is 0.508 e. The highest BCUT2D eigenvalue weighted by Gasteiger charge is 2.37. The molecule has 2 aromatic carbocycles. The first-order valence-electron chi connectivity index (χ1n) is 9.74. The molecule has 0 amide bonds. The number of phenolic OH excluding ortho intramolecular Hbond substituents is 1. The number of sulfonamides is 1. The van der Waals surface area contributed by atoms with Gasteiger partial charge in [-0.1, -0.05) is 12.1 Å². The van der Waals surface area contributed by atoms with Gasteiger partial charge in [0, 0.05) is 17.3 Å². The summed E-state index contributed by atoms with van der Waals surface area (Å²) < 4.78 is 52.1. The average Bonchev–Trinajstić information content (AvgIpc) is 3.26. The molecule has 172 valence electrons. The fourth-order valence-electron chi connectivity index (χ4n) is 2.88. The molecular weight excluding hydrogens is 473 g/mol. The molecule has 0 aliphatic rings. The zero-order valence-corrected chi connectivity index (χ0v) is 20.0. The molecule has 3 rings (SSSR count). The minimum Gasteiger partial charge on any atom is -0.508 e. The molecule has 1 atom stereocenters. The van der Waals surface area contributed by atoms with Crippen molar-refractivity contribution in [2.45, 2.75) is 24.5 Å². The van der Waals surface area contributed by atoms with Crippen LogP contribution in [-0.4, -0.2) is 31.7 Å². The summed E-state index contributed by atoms with van der Waals surface area (Å²) in [5.41, 5.74) is 1.09. The van der Waals surface area contributed by atoms with Crippen LogP contribution < -0.4 is 10.0 Å². The van der Waals surface area contributed by atoms with Crippen LogP contribution in [0, 0.1) is 0 Å². The predicted molar refractivity (Wildman–Crippen MR) is 125 cm³/mol. The Balaban J connectivity index is 1.89. The van der Waals surface area contributed by atoms with Crippen LogP contribution >= 0.6 is 18.9 Å². The van der Waals surface area contributed by atoms with Gasteiger partial charge in [0.15, 0.2) is 10.9 Å². The van der Waals surface area contributed by atoms with Crippen molar-refractivity contribution in [3.8, 4) is 5.75 Å². The summed E-state index contributed by atoms with van der Waals surface area (Å²) >= 11 is 1.18. The first-order chi connectivity index (χ1) is 15.3. The van der Waals surface area contributed by atoms with Crippen molar-refractivity contribution in [1.82, 2.24) is 4.98 Å². The Morgan fingerprint density at radius 2 is 1.69 bits per heavy atom. The predicted octanol–water partition coefficient (Wildman–Crippen LogP) is 5.03. The Bertz CT molecular complexity index is 1140. The zero-order chi connectivity index (χ0) is 23.2. The number of thiazole rings is 1. The quantitative estimate of drug-likeness (QED) is 0.315. The van der Waals surface area contributed by atoms with E-state index in [1.807, 2.05) is 0 Å². The van der Waals surface area contributed by atoms with Gasteiger partial charge in [-0.2, -0.15) is 0 Å². The molecule has 0 saturated carbocycles. The van der Waals surface area contributed by atoms with E-state index in [9.17, 15) is 18.1 Å². The topological polar surface area (TPSA) is 127 Å². The third kappa shape index (κ3) is 5.87. The van der Waals surface area contributed by atoms with Gasteiger partial charge in [-0.25, -0.2) is 13.4 Å². The number of anilines is 2. The number of nitrogens with zero attached hydrogens (tertiary/aromatic N) is 1. The molecule has 3 aromatic rings. The molecule has 9 nitrogen and oxygen atoms in total. The maximum Gasteiger partial charge on any atom is 0.357 e. The number of rotatable bonds is 11. The van der Waals surface area contributed by atoms with E-state index in [2.05, 4.69) is 15.0 Å². The fourth-order valence-corrected chi connectivity index (χ4v) is 6.61. The fraction of sp³-hybridized carbons (Fsp3) is 0.250. The van der Waals surface area contributed by atoms with Crippen molar-refractivity contribution in [2.75, 3.05) is 23.3 Å². The summed E-state index contributed by atoms with van der Waals surface area (Å²) in [6, 6.07) is 12.2. The van der Waals surface area contributed by atoms with Crippen molar-refractivity contribution >= 4 is 39.8 Å². The lowest BCUT2D eigenvalue weighted by atomic mass is 10.2. The van der Waals surface area contributed by atoms with Gasteiger partial charge in [0.05, 0.1) is 18.1 Å². The van der Waals surface area contributed by atoms with Crippen LogP contribution in [0.3, 0.4) is 0 Å². The van der Waals surface area contributed by atoms with Gasteiger partial charge in [0.2, 0.25) is 0 Å². The Hall–Kier alpha value is -2.43. The van der Waals surface area contributed by atoms with Gasteiger partial charge in [-0.3, -0.25) is 9.29 Å². The monoisotopic (exact) mass is 497 g/mol. The van der Waals surface area contributed by atoms with Crippen LogP contribution in [0.15, 0.2) is 65.0 Å². The molecule has 1 aromatic heterocycles. The van der Waals surface area contributed by atoms with Crippen molar-refractivity contribution in [3.63, 3.8) is 0 Å². The Morgan fingerprint density at radius 3 is 2.22 bits per heavy atom. The smallest absolute Gasteiger partial charge is 0.357 e. The van der Waals surface area contributed by atoms with Crippen molar-refractivity contribution < 1.29 is 27.1 Å². The SMILES string of the molecule is CCOP(=O)(OCC)C(Nc1ccc(S(=O)(=O)Nc2nccs2)cc1)c1ccc(O)cc1. The van der Waals surface area contributed by atoms with Gasteiger partial charge in [-0.15, -0.1) is 11.3 Å². The first kappa shape index (κ1) is 24.2. The average molecular weight is 498 g/mol. The molecule has 0 radical (unpaired) electrons. The van der Waals surface area contributed by atoms with Crippen LogP contribution in [0.25, 0.3) is 0 Å². The summed E-state index contributed by atoms with van der Waals surface area (Å²) in [4.78, 5) is 3.98. The molecular formula is C20H24N3O6PS2. The van der Waals surface area contributed by atoms with E-state index in [-0.39, 0.29) is 29.0 Å². The molecule has 0 saturated heterocycles. The lowest BCUT2D eigenvalue weighted by molar-refractivity contribution is 0.214. The van der Waals surface area contributed by atoms with E-state index in [1.165, 1.54) is 41.8 Å². The number of aromatic hydroxyl groups is 1. The van der Waals surface area contributed by atoms with E-state index in [4.69, 9.17) is 9.05 Å². The molecule has 0 fully saturated rings. The van der Waals surface area contributed by atoms with E-state index in [1.54, 1.807) is 43.5 Å². The number of hydrogen-bond acceptors (Lipinski definition) is 9. The summed E-state index contributed by atoms with van der Waals surface area (Å²) in [6.07, 6.45) is 1.51. The molecule has 32 heavy (non-hydrogen) atoms. The second kappa shape index (κ2) is 10.5. The zero-order valence-electron chi connectivity index (χ0n) is 17.5. The van der Waals surface area contributed by atoms with Crippen LogP contribution in [0.5, 0.6) is 5.75 Å². The van der Waals surface area contributed by atoms with Gasteiger partial charge in [-0.05, 0) is 55.8 Å². The van der Waals surface area contributed by atoms with Crippen LogP contribution in [-0.2, 0) is 23.6 Å². The van der Waals surface area contributed by atoms with Gasteiger partial charge < -0.3 is 19.5 Å². The number of hydrogen-bond donors (Lipinski definition) is 3. The van der Waals surface area contributed by atoms with Crippen molar-refractivity contribution in [3.05, 3.63) is 65.7 Å². The Kier molecular flexibility index (Phi) is 7.91. The number of benzene rings is 2. The maximum absolute atomic E-state index is 13.5. The van der Waals surface area contributed by atoms with Gasteiger partial charge in [0.25, 0.3) is 10.0 Å². The van der Waals surface area contributed by atoms with Crippen LogP contribution in [0.4, 0.5) is 10.8 Å². The van der Waals surface area contributed by atoms with E-state index in [0.717, 1.165) is 0 Å². The minimum absolute atomic E-state index is 0.0530. The third-order valence-electron chi connectivity index (χ3n) is 4.27. The molecule has 0 aliphatic heterocycles. The molecule has 1 unspecified atom stereocenters. The molecule has 3 N–H and O–H groups in total. The Morgan fingerprint density at radius 1 is 1.06 bits per heavy atom. The lowest BCUT2D eigenvalue weighted by Gasteiger charge is -2.28. The Labute approximate surface area is 191 Å². The van der Waals surface area contributed by atoms with Crippen molar-refractivity contribution in [1.29, 1.82) is 0 Å². The van der Waals surface area contributed by atoms with Crippen LogP contribution in [0.1, 0.15) is 25.2 Å². The summed E-state index contributed by atoms with van der Waals surface area (Å²) in [5, 5.41) is 14.7. The third-order valence-corrected chi connectivity index (χ3v) is 8.73. The van der Waals surface area contributed by atoms with Crippen molar-refractivity contribution in [2.24, 2.45) is 0 Å². The maximum atomic E-state index is 13.5. The second-order valence-corrected chi connectivity index (χ2v) is 11.2. The molecule has 12 heteroatoms. The number of phenols is 1. The summed E-state index contributed by atoms with van der Waals surface area (Å²) in [6.45, 7) is 3.78. The van der Waals surface area contributed by atoms with Gasteiger partial charge in [0.1, 0.15) is 5.75 Å². The molecule has 0 bridgehead atoms. The number of aromatic nitrogens is 1. The normalized spacial score (nSPS) is 12.9. The highest BCUT2D eigenvalue weighted by atomic mass is 32.2. The summed E-state index contributed by atoms with van der Waals surface area (Å²) in [5.74, 6) is -0.809. The second-order valence-electron chi connectivity index (χ2n) is 6.48. The highest BCUT2D eigenvalue weighted by molar-refractivity contribution is 7.93. The van der Waals surface area contributed by atoms with E-state index >= 15 is 0 Å². The van der Waals surface area contributed by atoms with Crippen LogP contribution in [0.2, 0.25) is 0 Å². The molecule has 0 aliphatic carbocycles.